The van der Waals surface area contributed by atoms with Crippen molar-refractivity contribution >= 4 is 17.9 Å². The van der Waals surface area contributed by atoms with E-state index in [2.05, 4.69) is 0 Å². The molecule has 0 amide bonds. The Morgan fingerprint density at radius 2 is 1.60 bits per heavy atom. The Balaban J connectivity index is 0. The Morgan fingerprint density at radius 3 is 1.67 bits per heavy atom. The van der Waals surface area contributed by atoms with E-state index in [0.29, 0.717) is 6.42 Å². The second-order valence-corrected chi connectivity index (χ2v) is 2.57. The van der Waals surface area contributed by atoms with Crippen molar-refractivity contribution in [3.8, 4) is 0 Å². The minimum Gasteiger partial charge on any atom is -0.543 e. The minimum atomic E-state index is -1.33. The highest BCUT2D eigenvalue weighted by Crippen LogP contribution is 2.05. The Kier molecular flexibility index (Phi) is 9.44. The quantitative estimate of drug-likeness (QED) is 0.409. The molecule has 0 aliphatic carbocycles. The van der Waals surface area contributed by atoms with E-state index in [1.807, 2.05) is 0 Å². The highest BCUT2D eigenvalue weighted by Gasteiger charge is 2.23. The Bertz CT molecular complexity index is 209. The lowest BCUT2D eigenvalue weighted by Gasteiger charge is -2.02. The van der Waals surface area contributed by atoms with Crippen LogP contribution in [0.25, 0.3) is 0 Å². The topological polar surface area (TPSA) is 138 Å². The van der Waals surface area contributed by atoms with Crippen molar-refractivity contribution in [2.24, 2.45) is 5.92 Å². The van der Waals surface area contributed by atoms with E-state index in [1.54, 1.807) is 6.92 Å². The predicted octanol–water partition coefficient (Wildman–Crippen LogP) is -1.97. The maximum absolute atomic E-state index is 10.2. The average Bonchev–Trinajstić information content (AvgIpc) is 2.14. The van der Waals surface area contributed by atoms with E-state index < -0.39 is 30.4 Å². The summed E-state index contributed by atoms with van der Waals surface area (Å²) in [5.41, 5.74) is 0. The van der Waals surface area contributed by atoms with Crippen LogP contribution in [0.1, 0.15) is 19.8 Å². The van der Waals surface area contributed by atoms with E-state index >= 15 is 0 Å². The van der Waals surface area contributed by atoms with Gasteiger partial charge in [-0.2, -0.15) is 0 Å². The fraction of sp³-hybridized carbons (Fsp3) is 0.625. The van der Waals surface area contributed by atoms with Crippen molar-refractivity contribution in [1.82, 2.24) is 0 Å². The van der Waals surface area contributed by atoms with Gasteiger partial charge in [0.05, 0.1) is 0 Å². The standard InChI is InChI=1S/C6H10O4.C2H4O3/c1-2-3-4(5(7)8)6(9)10;3-1-2(4)5/h4H,2-3H2,1H3,(H,7,8)(H,9,10);3H,1H2,(H,4,5). The molecule has 7 nitrogen and oxygen atoms in total. The zero-order valence-electron chi connectivity index (χ0n) is 8.23. The molecule has 0 aliphatic heterocycles. The number of aliphatic carboxylic acids is 3. The van der Waals surface area contributed by atoms with E-state index in [1.165, 1.54) is 0 Å². The molecule has 0 fully saturated rings. The lowest BCUT2D eigenvalue weighted by atomic mass is 10.1. The molecule has 0 saturated heterocycles. The predicted molar refractivity (Wildman–Crippen MR) is 47.2 cm³/mol. The van der Waals surface area contributed by atoms with E-state index in [-0.39, 0.29) is 6.42 Å². The van der Waals surface area contributed by atoms with Crippen molar-refractivity contribution in [3.05, 3.63) is 0 Å². The van der Waals surface area contributed by atoms with Crippen LogP contribution in [0.2, 0.25) is 0 Å². The monoisotopic (exact) mass is 222 g/mol. The summed E-state index contributed by atoms with van der Waals surface area (Å²) in [6, 6.07) is 0. The van der Waals surface area contributed by atoms with Gasteiger partial charge in [0, 0.05) is 0 Å². The van der Waals surface area contributed by atoms with Gasteiger partial charge >= 0.3 is 11.9 Å². The first-order chi connectivity index (χ1) is 6.86. The van der Waals surface area contributed by atoms with Crippen molar-refractivity contribution < 1.29 is 34.8 Å². The molecule has 0 aromatic carbocycles. The van der Waals surface area contributed by atoms with Crippen molar-refractivity contribution in [3.63, 3.8) is 0 Å². The molecule has 7 heteroatoms. The number of hydrogen-bond acceptors (Lipinski definition) is 4. The molecule has 0 radical (unpaired) electrons. The molecule has 0 atom stereocenters. The summed E-state index contributed by atoms with van der Waals surface area (Å²) in [6.45, 7) is 1.11. The summed E-state index contributed by atoms with van der Waals surface area (Å²) in [5.74, 6) is -5.07. The van der Waals surface area contributed by atoms with Crippen LogP contribution in [0.5, 0.6) is 0 Å². The van der Waals surface area contributed by atoms with Gasteiger partial charge in [-0.1, -0.05) is 13.3 Å². The van der Waals surface area contributed by atoms with E-state index in [4.69, 9.17) is 25.2 Å². The Labute approximate surface area is 86.0 Å². The number of carboxylic acid groups (broad SMARTS) is 3. The molecule has 88 valence electrons. The SMILES string of the molecule is CCCC(C(=O)O)C(=O)O.O=C([O-])C[OH2+]. The third kappa shape index (κ3) is 10.3. The average molecular weight is 222 g/mol. The second kappa shape index (κ2) is 8.95. The van der Waals surface area contributed by atoms with Crippen LogP contribution in [0.15, 0.2) is 0 Å². The van der Waals surface area contributed by atoms with Crippen molar-refractivity contribution in [2.45, 2.75) is 19.8 Å². The third-order valence-electron chi connectivity index (χ3n) is 1.32. The largest absolute Gasteiger partial charge is 0.543 e. The first-order valence-corrected chi connectivity index (χ1v) is 4.16. The fourth-order valence-electron chi connectivity index (χ4n) is 0.641. The number of rotatable bonds is 5. The molecule has 0 aromatic rings. The molecule has 0 spiro atoms. The number of carboxylic acids is 3. The second-order valence-electron chi connectivity index (χ2n) is 2.57. The van der Waals surface area contributed by atoms with Crippen molar-refractivity contribution in [1.29, 1.82) is 0 Å². The van der Waals surface area contributed by atoms with Crippen LogP contribution >= 0.6 is 0 Å². The molecule has 0 aliphatic rings. The van der Waals surface area contributed by atoms with Gasteiger partial charge in [-0.05, 0) is 6.42 Å². The number of carbonyl (C=O) groups is 3. The first-order valence-electron chi connectivity index (χ1n) is 4.16. The molecular weight excluding hydrogens is 208 g/mol. The fourth-order valence-corrected chi connectivity index (χ4v) is 0.641. The summed E-state index contributed by atoms with van der Waals surface area (Å²) in [5, 5.41) is 31.7. The summed E-state index contributed by atoms with van der Waals surface area (Å²) in [7, 11) is 0. The summed E-state index contributed by atoms with van der Waals surface area (Å²) in [6.07, 6.45) is 0.772. The third-order valence-corrected chi connectivity index (χ3v) is 1.32. The van der Waals surface area contributed by atoms with Crippen LogP contribution < -0.4 is 5.11 Å². The van der Waals surface area contributed by atoms with Crippen LogP contribution in [0.3, 0.4) is 0 Å². The van der Waals surface area contributed by atoms with Gasteiger partial charge in [-0.3, -0.25) is 9.59 Å². The van der Waals surface area contributed by atoms with Gasteiger partial charge in [-0.25, -0.2) is 0 Å². The zero-order chi connectivity index (χ0) is 12.4. The Hall–Kier alpha value is -1.63. The van der Waals surface area contributed by atoms with Gasteiger partial charge in [0.25, 0.3) is 0 Å². The number of carbonyl (C=O) groups excluding carboxylic acids is 1. The molecule has 4 N–H and O–H groups in total. The van der Waals surface area contributed by atoms with Gasteiger partial charge in [-0.15, -0.1) is 0 Å². The zero-order valence-corrected chi connectivity index (χ0v) is 8.23. The van der Waals surface area contributed by atoms with E-state index in [0.717, 1.165) is 0 Å². The van der Waals surface area contributed by atoms with Gasteiger partial charge in [0.1, 0.15) is 5.97 Å². The van der Waals surface area contributed by atoms with Crippen LogP contribution in [0, 0.1) is 5.92 Å². The molecule has 0 bridgehead atoms. The lowest BCUT2D eigenvalue weighted by molar-refractivity contribution is -0.308. The van der Waals surface area contributed by atoms with Crippen LogP contribution in [-0.4, -0.2) is 39.8 Å². The van der Waals surface area contributed by atoms with Crippen LogP contribution in [-0.2, 0) is 14.4 Å². The number of hydrogen-bond donors (Lipinski definition) is 2. The molecular formula is C8H14O7. The maximum Gasteiger partial charge on any atom is 0.317 e. The molecule has 0 unspecified atom stereocenters. The van der Waals surface area contributed by atoms with Crippen LogP contribution in [0.4, 0.5) is 0 Å². The van der Waals surface area contributed by atoms with Crippen molar-refractivity contribution in [2.75, 3.05) is 6.61 Å². The lowest BCUT2D eigenvalue weighted by Crippen LogP contribution is -2.25. The summed E-state index contributed by atoms with van der Waals surface area (Å²) >= 11 is 0. The minimum absolute atomic E-state index is 0.199. The molecule has 0 heterocycles. The van der Waals surface area contributed by atoms with Gasteiger partial charge in [0.2, 0.25) is 0 Å². The van der Waals surface area contributed by atoms with Gasteiger partial charge < -0.3 is 25.2 Å². The normalized spacial score (nSPS) is 9.00. The molecule has 15 heavy (non-hydrogen) atoms. The molecule has 0 aromatic heterocycles. The first kappa shape index (κ1) is 15.8. The summed E-state index contributed by atoms with van der Waals surface area (Å²) in [4.78, 5) is 29.4. The highest BCUT2D eigenvalue weighted by molar-refractivity contribution is 5.92. The highest BCUT2D eigenvalue weighted by atomic mass is 16.4. The smallest absolute Gasteiger partial charge is 0.317 e. The maximum atomic E-state index is 10.2. The Morgan fingerprint density at radius 1 is 1.27 bits per heavy atom. The van der Waals surface area contributed by atoms with Gasteiger partial charge in [0.15, 0.2) is 12.5 Å². The van der Waals surface area contributed by atoms with E-state index in [9.17, 15) is 9.59 Å². The molecule has 0 saturated carbocycles. The summed E-state index contributed by atoms with van der Waals surface area (Å²) < 4.78 is 0. The molecule has 0 rings (SSSR count).